The van der Waals surface area contributed by atoms with Crippen molar-refractivity contribution in [2.24, 2.45) is 0 Å². The number of hydrogen-bond donors (Lipinski definition) is 3. The molecule has 0 unspecified atom stereocenters. The number of hydrogen-bond acceptors (Lipinski definition) is 4. The molecular weight excluding hydrogens is 294 g/mol. The van der Waals surface area contributed by atoms with E-state index in [1.54, 1.807) is 18.3 Å². The minimum absolute atomic E-state index is 0.0681. The van der Waals surface area contributed by atoms with E-state index < -0.39 is 16.0 Å². The number of aromatic nitrogens is 2. The van der Waals surface area contributed by atoms with Crippen molar-refractivity contribution < 1.29 is 18.3 Å². The molecular formula is C13H13N3O4S. The Kier molecular flexibility index (Phi) is 4.51. The van der Waals surface area contributed by atoms with Gasteiger partial charge in [0.1, 0.15) is 0 Å². The highest BCUT2D eigenvalue weighted by Crippen LogP contribution is 2.13. The topological polar surface area (TPSA) is 112 Å². The molecule has 3 N–H and O–H groups in total. The number of carboxylic acid groups (broad SMARTS) is 1. The molecule has 0 saturated carbocycles. The maximum Gasteiger partial charge on any atom is 0.328 e. The Morgan fingerprint density at radius 3 is 2.90 bits per heavy atom. The van der Waals surface area contributed by atoms with Gasteiger partial charge >= 0.3 is 5.97 Å². The fraction of sp³-hybridized carbons (Fsp3) is 0.0769. The molecule has 1 heterocycles. The zero-order chi connectivity index (χ0) is 15.3. The Morgan fingerprint density at radius 2 is 2.24 bits per heavy atom. The van der Waals surface area contributed by atoms with Crippen LogP contribution in [0.3, 0.4) is 0 Å². The highest BCUT2D eigenvalue weighted by molar-refractivity contribution is 7.89. The summed E-state index contributed by atoms with van der Waals surface area (Å²) in [4.78, 5) is 10.5. The van der Waals surface area contributed by atoms with Gasteiger partial charge in [0.25, 0.3) is 0 Å². The normalized spacial score (nSPS) is 11.8. The molecule has 8 heteroatoms. The lowest BCUT2D eigenvalue weighted by Gasteiger charge is -2.06. The van der Waals surface area contributed by atoms with Crippen LogP contribution in [0.1, 0.15) is 11.1 Å². The molecule has 21 heavy (non-hydrogen) atoms. The van der Waals surface area contributed by atoms with Crippen molar-refractivity contribution in [3.63, 3.8) is 0 Å². The van der Waals surface area contributed by atoms with Gasteiger partial charge in [0.2, 0.25) is 10.0 Å². The van der Waals surface area contributed by atoms with Gasteiger partial charge in [-0.1, -0.05) is 12.1 Å². The first-order valence-electron chi connectivity index (χ1n) is 5.96. The van der Waals surface area contributed by atoms with E-state index in [4.69, 9.17) is 5.11 Å². The molecule has 0 bridgehead atoms. The third-order valence-electron chi connectivity index (χ3n) is 2.61. The van der Waals surface area contributed by atoms with Crippen molar-refractivity contribution in [1.29, 1.82) is 0 Å². The average molecular weight is 307 g/mol. The summed E-state index contributed by atoms with van der Waals surface area (Å²) in [5.41, 5.74) is 1.20. The molecule has 0 fully saturated rings. The van der Waals surface area contributed by atoms with Crippen molar-refractivity contribution in [3.8, 4) is 0 Å². The summed E-state index contributed by atoms with van der Waals surface area (Å²) in [5.74, 6) is -1.10. The smallest absolute Gasteiger partial charge is 0.328 e. The summed E-state index contributed by atoms with van der Waals surface area (Å²) in [6.45, 7) is 0.119. The van der Waals surface area contributed by atoms with E-state index in [1.807, 2.05) is 0 Å². The Labute approximate surface area is 121 Å². The lowest BCUT2D eigenvalue weighted by atomic mass is 10.2. The Bertz CT molecular complexity index is 751. The van der Waals surface area contributed by atoms with Crippen molar-refractivity contribution in [1.82, 2.24) is 14.9 Å². The number of nitrogens with one attached hydrogen (secondary N) is 2. The number of H-pyrrole nitrogens is 1. The van der Waals surface area contributed by atoms with Gasteiger partial charge in [-0.15, -0.1) is 0 Å². The number of aliphatic carboxylic acids is 1. The van der Waals surface area contributed by atoms with Crippen LogP contribution in [0.25, 0.3) is 6.08 Å². The summed E-state index contributed by atoms with van der Waals surface area (Å²) in [6, 6.07) is 6.01. The van der Waals surface area contributed by atoms with Crippen LogP contribution in [0.5, 0.6) is 0 Å². The Balaban J connectivity index is 2.16. The van der Waals surface area contributed by atoms with Gasteiger partial charge in [-0.25, -0.2) is 17.9 Å². The number of benzene rings is 1. The van der Waals surface area contributed by atoms with Crippen LogP contribution in [0.2, 0.25) is 0 Å². The molecule has 0 saturated heterocycles. The van der Waals surface area contributed by atoms with Gasteiger partial charge in [0.15, 0.2) is 0 Å². The second kappa shape index (κ2) is 6.33. The molecule has 0 radical (unpaired) electrons. The molecule has 2 rings (SSSR count). The molecule has 0 aliphatic carbocycles. The molecule has 2 aromatic rings. The highest BCUT2D eigenvalue weighted by Gasteiger charge is 2.13. The molecule has 110 valence electrons. The van der Waals surface area contributed by atoms with Crippen molar-refractivity contribution >= 4 is 22.1 Å². The van der Waals surface area contributed by atoms with Crippen LogP contribution >= 0.6 is 0 Å². The van der Waals surface area contributed by atoms with Gasteiger partial charge in [-0.3, -0.25) is 5.10 Å². The highest BCUT2D eigenvalue weighted by atomic mass is 32.2. The maximum atomic E-state index is 12.1. The van der Waals surface area contributed by atoms with E-state index in [9.17, 15) is 13.2 Å². The molecule has 0 aliphatic rings. The molecule has 7 nitrogen and oxygen atoms in total. The predicted octanol–water partition coefficient (Wildman–Crippen LogP) is 0.986. The summed E-state index contributed by atoms with van der Waals surface area (Å²) in [5, 5.41) is 14.9. The van der Waals surface area contributed by atoms with Crippen molar-refractivity contribution in [2.45, 2.75) is 11.4 Å². The minimum atomic E-state index is -3.67. The number of aromatic amines is 1. The zero-order valence-corrected chi connectivity index (χ0v) is 11.7. The second-order valence-electron chi connectivity index (χ2n) is 4.18. The lowest BCUT2D eigenvalue weighted by Crippen LogP contribution is -2.23. The van der Waals surface area contributed by atoms with Crippen LogP contribution in [-0.4, -0.2) is 29.7 Å². The number of sulfonamides is 1. The monoisotopic (exact) mass is 307 g/mol. The van der Waals surface area contributed by atoms with E-state index in [2.05, 4.69) is 14.9 Å². The van der Waals surface area contributed by atoms with E-state index in [-0.39, 0.29) is 11.4 Å². The standard InChI is InChI=1S/C13H13N3O4S/c17-13(18)5-4-10-2-1-3-12(6-10)21(19,20)16-9-11-7-14-15-8-11/h1-8,16H,9H2,(H,14,15)(H,17,18). The SMILES string of the molecule is O=C(O)C=Cc1cccc(S(=O)(=O)NCc2cn[nH]c2)c1. The summed E-state index contributed by atoms with van der Waals surface area (Å²) < 4.78 is 26.7. The fourth-order valence-electron chi connectivity index (χ4n) is 1.59. The van der Waals surface area contributed by atoms with E-state index in [0.717, 1.165) is 6.08 Å². The lowest BCUT2D eigenvalue weighted by molar-refractivity contribution is -0.131. The quantitative estimate of drug-likeness (QED) is 0.689. The fourth-order valence-corrected chi connectivity index (χ4v) is 2.66. The van der Waals surface area contributed by atoms with Gasteiger partial charge in [0, 0.05) is 24.4 Å². The Morgan fingerprint density at radius 1 is 1.43 bits per heavy atom. The minimum Gasteiger partial charge on any atom is -0.478 e. The van der Waals surface area contributed by atoms with E-state index in [1.165, 1.54) is 24.4 Å². The molecule has 0 aliphatic heterocycles. The summed E-state index contributed by atoms with van der Waals surface area (Å²) in [7, 11) is -3.67. The first kappa shape index (κ1) is 14.9. The molecule has 0 spiro atoms. The second-order valence-corrected chi connectivity index (χ2v) is 5.94. The summed E-state index contributed by atoms with van der Waals surface area (Å²) >= 11 is 0. The molecule has 1 aromatic heterocycles. The van der Waals surface area contributed by atoms with Crippen LogP contribution in [0, 0.1) is 0 Å². The van der Waals surface area contributed by atoms with E-state index >= 15 is 0 Å². The third kappa shape index (κ3) is 4.26. The van der Waals surface area contributed by atoms with E-state index in [0.29, 0.717) is 11.1 Å². The molecule has 0 amide bonds. The molecule has 1 aromatic carbocycles. The first-order valence-corrected chi connectivity index (χ1v) is 7.44. The number of rotatable bonds is 6. The maximum absolute atomic E-state index is 12.1. The zero-order valence-electron chi connectivity index (χ0n) is 10.9. The van der Waals surface area contributed by atoms with Gasteiger partial charge in [-0.2, -0.15) is 5.10 Å². The number of nitrogens with zero attached hydrogens (tertiary/aromatic N) is 1. The molecule has 0 atom stereocenters. The van der Waals surface area contributed by atoms with Gasteiger partial charge in [-0.05, 0) is 23.8 Å². The van der Waals surface area contributed by atoms with Crippen LogP contribution in [0.4, 0.5) is 0 Å². The largest absolute Gasteiger partial charge is 0.478 e. The van der Waals surface area contributed by atoms with Crippen LogP contribution in [-0.2, 0) is 21.4 Å². The average Bonchev–Trinajstić information content (AvgIpc) is 2.97. The van der Waals surface area contributed by atoms with Crippen LogP contribution in [0.15, 0.2) is 47.6 Å². The predicted molar refractivity (Wildman–Crippen MR) is 75.7 cm³/mol. The van der Waals surface area contributed by atoms with Crippen molar-refractivity contribution in [2.75, 3.05) is 0 Å². The van der Waals surface area contributed by atoms with Crippen molar-refractivity contribution in [3.05, 3.63) is 53.9 Å². The summed E-state index contributed by atoms with van der Waals surface area (Å²) in [6.07, 6.45) is 5.39. The number of carboxylic acids is 1. The van der Waals surface area contributed by atoms with Gasteiger partial charge in [0.05, 0.1) is 11.1 Å². The van der Waals surface area contributed by atoms with Gasteiger partial charge < -0.3 is 5.11 Å². The number of carbonyl (C=O) groups is 1. The first-order chi connectivity index (χ1) is 9.97. The van der Waals surface area contributed by atoms with Crippen LogP contribution < -0.4 is 4.72 Å². The Hall–Kier alpha value is -2.45. The third-order valence-corrected chi connectivity index (χ3v) is 4.01.